The molecule has 0 saturated carbocycles. The van der Waals surface area contributed by atoms with Crippen LogP contribution < -0.4 is 0 Å². The standard InChI is InChI=1S/C17H35FN3/c1-5-6-7-9-20-10-8-16(17(2,18)15-20)21(4)13-11-19(3)12-14-21/h16H,5-15H2,1-4H3/q+1/t16?,17-/m0/s1. The molecule has 2 saturated heterocycles. The first-order chi connectivity index (χ1) is 9.87. The van der Waals surface area contributed by atoms with E-state index in [-0.39, 0.29) is 6.04 Å². The lowest BCUT2D eigenvalue weighted by Gasteiger charge is -2.53. The fourth-order valence-electron chi connectivity index (χ4n) is 4.30. The minimum absolute atomic E-state index is 0.175. The number of nitrogens with zero attached hydrogens (tertiary/aromatic N) is 3. The third kappa shape index (κ3) is 4.17. The van der Waals surface area contributed by atoms with Crippen LogP contribution in [0.15, 0.2) is 0 Å². The number of likely N-dealkylation sites (tertiary alicyclic amines) is 1. The number of piperidine rings is 1. The van der Waals surface area contributed by atoms with E-state index < -0.39 is 5.67 Å². The molecule has 3 nitrogen and oxygen atoms in total. The van der Waals surface area contributed by atoms with E-state index in [0.29, 0.717) is 6.54 Å². The lowest BCUT2D eigenvalue weighted by molar-refractivity contribution is -0.943. The molecule has 124 valence electrons. The molecular weight excluding hydrogens is 265 g/mol. The Bertz CT molecular complexity index is 324. The van der Waals surface area contributed by atoms with Crippen molar-refractivity contribution in [1.29, 1.82) is 0 Å². The second-order valence-electron chi connectivity index (χ2n) is 7.80. The number of unbranched alkanes of at least 4 members (excludes halogenated alkanes) is 2. The van der Waals surface area contributed by atoms with Crippen LogP contribution in [0.5, 0.6) is 0 Å². The van der Waals surface area contributed by atoms with Crippen molar-refractivity contribution in [3.63, 3.8) is 0 Å². The summed E-state index contributed by atoms with van der Waals surface area (Å²) < 4.78 is 16.3. The Kier molecular flexibility index (Phi) is 5.66. The third-order valence-electron chi connectivity index (χ3n) is 5.76. The third-order valence-corrected chi connectivity index (χ3v) is 5.76. The van der Waals surface area contributed by atoms with Crippen molar-refractivity contribution >= 4 is 0 Å². The number of likely N-dealkylation sites (N-methyl/N-ethyl adjacent to an activating group) is 2. The molecule has 2 atom stereocenters. The van der Waals surface area contributed by atoms with Crippen molar-refractivity contribution in [2.24, 2.45) is 0 Å². The Morgan fingerprint density at radius 1 is 1.19 bits per heavy atom. The molecule has 0 aliphatic carbocycles. The molecule has 0 N–H and O–H groups in total. The average Bonchev–Trinajstić information content (AvgIpc) is 2.42. The highest BCUT2D eigenvalue weighted by Crippen LogP contribution is 2.34. The molecule has 2 aliphatic heterocycles. The highest BCUT2D eigenvalue weighted by molar-refractivity contribution is 4.93. The fourth-order valence-corrected chi connectivity index (χ4v) is 4.30. The van der Waals surface area contributed by atoms with Crippen molar-refractivity contribution in [1.82, 2.24) is 9.80 Å². The predicted octanol–water partition coefficient (Wildman–Crippen LogP) is 2.37. The maximum atomic E-state index is 15.4. The van der Waals surface area contributed by atoms with E-state index in [9.17, 15) is 0 Å². The lowest BCUT2D eigenvalue weighted by Crippen LogP contribution is -2.70. The summed E-state index contributed by atoms with van der Waals surface area (Å²) in [5.74, 6) is 0. The molecule has 0 amide bonds. The number of rotatable bonds is 5. The molecule has 4 heteroatoms. The van der Waals surface area contributed by atoms with Crippen molar-refractivity contribution in [3.8, 4) is 0 Å². The largest absolute Gasteiger partial charge is 0.319 e. The monoisotopic (exact) mass is 300 g/mol. The highest BCUT2D eigenvalue weighted by Gasteiger charge is 2.50. The smallest absolute Gasteiger partial charge is 0.172 e. The van der Waals surface area contributed by atoms with Gasteiger partial charge in [0.1, 0.15) is 6.04 Å². The van der Waals surface area contributed by atoms with E-state index in [0.717, 1.165) is 50.2 Å². The van der Waals surface area contributed by atoms with E-state index in [2.05, 4.69) is 30.8 Å². The SMILES string of the molecule is CCCCCN1CCC([N+]2(C)CCN(C)CC2)[C@@](C)(F)C1. The molecule has 21 heavy (non-hydrogen) atoms. The first-order valence-electron chi connectivity index (χ1n) is 8.81. The van der Waals surface area contributed by atoms with Gasteiger partial charge in [0.2, 0.25) is 0 Å². The predicted molar refractivity (Wildman–Crippen MR) is 87.3 cm³/mol. The van der Waals surface area contributed by atoms with Crippen LogP contribution >= 0.6 is 0 Å². The van der Waals surface area contributed by atoms with Crippen molar-refractivity contribution in [2.75, 3.05) is 59.9 Å². The van der Waals surface area contributed by atoms with Crippen LogP contribution in [0, 0.1) is 0 Å². The average molecular weight is 300 g/mol. The summed E-state index contributed by atoms with van der Waals surface area (Å²) in [6, 6.07) is 0.175. The Labute approximate surface area is 130 Å². The molecule has 1 unspecified atom stereocenters. The summed E-state index contributed by atoms with van der Waals surface area (Å²) in [7, 11) is 4.46. The van der Waals surface area contributed by atoms with Crippen molar-refractivity contribution in [2.45, 2.75) is 51.2 Å². The van der Waals surface area contributed by atoms with Crippen LogP contribution in [0.4, 0.5) is 4.39 Å². The first-order valence-corrected chi connectivity index (χ1v) is 8.81. The zero-order chi connectivity index (χ0) is 15.5. The summed E-state index contributed by atoms with van der Waals surface area (Å²) in [4.78, 5) is 4.73. The van der Waals surface area contributed by atoms with Crippen molar-refractivity contribution in [3.05, 3.63) is 0 Å². The van der Waals surface area contributed by atoms with Crippen molar-refractivity contribution < 1.29 is 8.87 Å². The van der Waals surface area contributed by atoms with E-state index in [4.69, 9.17) is 0 Å². The van der Waals surface area contributed by atoms with Gasteiger partial charge in [-0.15, -0.1) is 0 Å². The Morgan fingerprint density at radius 3 is 2.43 bits per heavy atom. The quantitative estimate of drug-likeness (QED) is 0.568. The molecular formula is C17H35FN3+. The molecule has 0 aromatic heterocycles. The molecule has 2 aliphatic rings. The topological polar surface area (TPSA) is 6.48 Å². The second kappa shape index (κ2) is 6.93. The zero-order valence-corrected chi connectivity index (χ0v) is 14.6. The number of hydrogen-bond acceptors (Lipinski definition) is 2. The Hall–Kier alpha value is -0.190. The minimum atomic E-state index is -1.05. The maximum Gasteiger partial charge on any atom is 0.172 e. The Balaban J connectivity index is 1.93. The summed E-state index contributed by atoms with van der Waals surface area (Å²) in [6.07, 6.45) is 4.74. The zero-order valence-electron chi connectivity index (χ0n) is 14.6. The molecule has 0 spiro atoms. The second-order valence-corrected chi connectivity index (χ2v) is 7.80. The van der Waals surface area contributed by atoms with Gasteiger partial charge in [-0.05, 0) is 26.9 Å². The number of alkyl halides is 1. The number of hydrogen-bond donors (Lipinski definition) is 0. The van der Waals surface area contributed by atoms with Gasteiger partial charge in [0.05, 0.1) is 20.1 Å². The molecule has 0 bridgehead atoms. The van der Waals surface area contributed by atoms with Gasteiger partial charge < -0.3 is 4.48 Å². The van der Waals surface area contributed by atoms with E-state index in [1.807, 2.05) is 6.92 Å². The van der Waals surface area contributed by atoms with E-state index in [1.54, 1.807) is 0 Å². The molecule has 2 rings (SSSR count). The summed E-state index contributed by atoms with van der Waals surface area (Å²) in [5.41, 5.74) is -1.05. The Morgan fingerprint density at radius 2 is 1.86 bits per heavy atom. The van der Waals surface area contributed by atoms with Gasteiger partial charge in [0.15, 0.2) is 5.67 Å². The van der Waals surface area contributed by atoms with Crippen LogP contribution in [0.25, 0.3) is 0 Å². The van der Waals surface area contributed by atoms with Gasteiger partial charge in [-0.1, -0.05) is 19.8 Å². The van der Waals surface area contributed by atoms with E-state index >= 15 is 4.39 Å². The van der Waals surface area contributed by atoms with Gasteiger partial charge in [0.25, 0.3) is 0 Å². The van der Waals surface area contributed by atoms with Crippen LogP contribution in [0.2, 0.25) is 0 Å². The molecule has 0 aromatic rings. The summed E-state index contributed by atoms with van der Waals surface area (Å²) in [6.45, 7) is 11.3. The van der Waals surface area contributed by atoms with Crippen LogP contribution in [0.1, 0.15) is 39.5 Å². The molecule has 0 radical (unpaired) electrons. The molecule has 2 heterocycles. The minimum Gasteiger partial charge on any atom is -0.319 e. The van der Waals surface area contributed by atoms with Gasteiger partial charge in [0, 0.05) is 32.6 Å². The first kappa shape index (κ1) is 17.2. The van der Waals surface area contributed by atoms with Crippen LogP contribution in [-0.4, -0.2) is 85.9 Å². The van der Waals surface area contributed by atoms with Crippen LogP contribution in [0.3, 0.4) is 0 Å². The van der Waals surface area contributed by atoms with E-state index in [1.165, 1.54) is 19.3 Å². The van der Waals surface area contributed by atoms with Crippen LogP contribution in [-0.2, 0) is 0 Å². The lowest BCUT2D eigenvalue weighted by atomic mass is 9.87. The fraction of sp³-hybridized carbons (Fsp3) is 1.00. The molecule has 2 fully saturated rings. The highest BCUT2D eigenvalue weighted by atomic mass is 19.1. The van der Waals surface area contributed by atoms with Gasteiger partial charge >= 0.3 is 0 Å². The number of piperazine rings is 1. The molecule has 0 aromatic carbocycles. The summed E-state index contributed by atoms with van der Waals surface area (Å²) in [5, 5.41) is 0. The summed E-state index contributed by atoms with van der Waals surface area (Å²) >= 11 is 0. The van der Waals surface area contributed by atoms with Gasteiger partial charge in [-0.3, -0.25) is 9.80 Å². The normalized spacial score (nSPS) is 35.0. The number of halogens is 1. The number of quaternary nitrogens is 1. The van der Waals surface area contributed by atoms with Gasteiger partial charge in [-0.2, -0.15) is 0 Å². The maximum absolute atomic E-state index is 15.4. The van der Waals surface area contributed by atoms with Gasteiger partial charge in [-0.25, -0.2) is 4.39 Å².